The first-order valence-electron chi connectivity index (χ1n) is 6.74. The summed E-state index contributed by atoms with van der Waals surface area (Å²) in [5, 5.41) is 0. The number of nitrogens with zero attached hydrogens (tertiary/aromatic N) is 3. The quantitative estimate of drug-likeness (QED) is 0.856. The lowest BCUT2D eigenvalue weighted by molar-refractivity contribution is -0.158. The summed E-state index contributed by atoms with van der Waals surface area (Å²) in [4.78, 5) is 9.90. The number of hydrogen-bond acceptors (Lipinski definition) is 3. The molecule has 0 aliphatic carbocycles. The fourth-order valence-electron chi connectivity index (χ4n) is 2.40. The molecule has 0 bridgehead atoms. The summed E-state index contributed by atoms with van der Waals surface area (Å²) in [6, 6.07) is 1.96. The Kier molecular flexibility index (Phi) is 4.04. The molecule has 6 heteroatoms. The smallest absolute Gasteiger partial charge is 0.294 e. The zero-order valence-electron chi connectivity index (χ0n) is 12.0. The Labute approximate surface area is 117 Å². The molecule has 1 fully saturated rings. The maximum absolute atomic E-state index is 12.2. The largest absolute Gasteiger partial charge is 0.401 e. The second kappa shape index (κ2) is 5.31. The van der Waals surface area contributed by atoms with Crippen molar-refractivity contribution in [3.63, 3.8) is 0 Å². The monoisotopic (exact) mass is 287 g/mol. The van der Waals surface area contributed by atoms with E-state index in [0.29, 0.717) is 13.1 Å². The van der Waals surface area contributed by atoms with Crippen molar-refractivity contribution < 1.29 is 13.2 Å². The summed E-state index contributed by atoms with van der Waals surface area (Å²) < 4.78 is 36.6. The van der Waals surface area contributed by atoms with Crippen molar-refractivity contribution in [3.05, 3.63) is 23.8 Å². The van der Waals surface area contributed by atoms with Gasteiger partial charge in [-0.3, -0.25) is 4.90 Å². The van der Waals surface area contributed by atoms with Crippen molar-refractivity contribution in [2.24, 2.45) is 5.92 Å². The predicted molar refractivity (Wildman–Crippen MR) is 70.4 cm³/mol. The summed E-state index contributed by atoms with van der Waals surface area (Å²) in [6.07, 6.45) is -1.83. The zero-order valence-corrected chi connectivity index (χ0v) is 12.0. The van der Waals surface area contributed by atoms with Crippen LogP contribution >= 0.6 is 0 Å². The van der Waals surface area contributed by atoms with Crippen molar-refractivity contribution >= 4 is 0 Å². The lowest BCUT2D eigenvalue weighted by Gasteiger charge is -2.39. The van der Waals surface area contributed by atoms with Gasteiger partial charge in [-0.2, -0.15) is 13.2 Å². The third-order valence-corrected chi connectivity index (χ3v) is 3.43. The van der Waals surface area contributed by atoms with Crippen LogP contribution in [0.5, 0.6) is 0 Å². The minimum Gasteiger partial charge on any atom is -0.294 e. The van der Waals surface area contributed by atoms with Gasteiger partial charge in [-0.05, 0) is 18.4 Å². The van der Waals surface area contributed by atoms with E-state index in [4.69, 9.17) is 0 Å². The highest BCUT2D eigenvalue weighted by Gasteiger charge is 2.37. The molecule has 2 rings (SSSR count). The van der Waals surface area contributed by atoms with Crippen LogP contribution in [0.2, 0.25) is 0 Å². The van der Waals surface area contributed by atoms with Crippen LogP contribution in [0.1, 0.15) is 32.2 Å². The van der Waals surface area contributed by atoms with Crippen LogP contribution < -0.4 is 0 Å². The van der Waals surface area contributed by atoms with E-state index >= 15 is 0 Å². The predicted octanol–water partition coefficient (Wildman–Crippen LogP) is 2.81. The Morgan fingerprint density at radius 2 is 1.85 bits per heavy atom. The van der Waals surface area contributed by atoms with Crippen LogP contribution in [-0.4, -0.2) is 40.7 Å². The second-order valence-electron chi connectivity index (χ2n) is 6.52. The Balaban J connectivity index is 1.87. The average Bonchev–Trinajstić information content (AvgIpc) is 2.23. The molecule has 0 aromatic carbocycles. The van der Waals surface area contributed by atoms with Crippen LogP contribution in [0.15, 0.2) is 12.4 Å². The molecule has 1 aromatic heterocycles. The van der Waals surface area contributed by atoms with Crippen LogP contribution in [0.4, 0.5) is 13.2 Å². The molecule has 20 heavy (non-hydrogen) atoms. The standard InChI is InChI=1S/C14H20F3N3/c1-13(2,3)12-5-11(18-9-19-12)4-10-6-20(7-10)8-14(15,16)17/h5,9-10H,4,6-8H2,1-3H3. The normalized spacial score (nSPS) is 18.1. The van der Waals surface area contributed by atoms with Gasteiger partial charge in [-0.25, -0.2) is 9.97 Å². The molecule has 1 saturated heterocycles. The van der Waals surface area contributed by atoms with Crippen LogP contribution in [0.25, 0.3) is 0 Å². The van der Waals surface area contributed by atoms with Gasteiger partial charge in [0.25, 0.3) is 0 Å². The van der Waals surface area contributed by atoms with Crippen molar-refractivity contribution in [1.29, 1.82) is 0 Å². The Morgan fingerprint density at radius 3 is 2.40 bits per heavy atom. The number of alkyl halides is 3. The van der Waals surface area contributed by atoms with E-state index < -0.39 is 12.7 Å². The third kappa shape index (κ3) is 4.16. The number of rotatable bonds is 3. The van der Waals surface area contributed by atoms with Gasteiger partial charge in [-0.1, -0.05) is 20.8 Å². The Hall–Kier alpha value is -1.17. The number of halogens is 3. The molecule has 3 nitrogen and oxygen atoms in total. The first kappa shape index (κ1) is 15.2. The number of hydrogen-bond donors (Lipinski definition) is 0. The highest BCUT2D eigenvalue weighted by molar-refractivity contribution is 5.16. The molecule has 1 aliphatic rings. The van der Waals surface area contributed by atoms with Gasteiger partial charge in [0.15, 0.2) is 0 Å². The Morgan fingerprint density at radius 1 is 1.20 bits per heavy atom. The van der Waals surface area contributed by atoms with Gasteiger partial charge < -0.3 is 0 Å². The maximum atomic E-state index is 12.2. The lowest BCUT2D eigenvalue weighted by Crippen LogP contribution is -2.51. The molecular weight excluding hydrogens is 267 g/mol. The van der Waals surface area contributed by atoms with Crippen molar-refractivity contribution in [2.45, 2.75) is 38.8 Å². The molecule has 0 radical (unpaired) electrons. The SMILES string of the molecule is CC(C)(C)c1cc(CC2CN(CC(F)(F)F)C2)ncn1. The fraction of sp³-hybridized carbons (Fsp3) is 0.714. The van der Waals surface area contributed by atoms with Gasteiger partial charge in [0.2, 0.25) is 0 Å². The van der Waals surface area contributed by atoms with E-state index in [1.165, 1.54) is 4.90 Å². The van der Waals surface area contributed by atoms with Crippen LogP contribution in [-0.2, 0) is 11.8 Å². The summed E-state index contributed by atoms with van der Waals surface area (Å²) in [6.45, 7) is 6.41. The summed E-state index contributed by atoms with van der Waals surface area (Å²) in [5.41, 5.74) is 1.84. The molecule has 1 aliphatic heterocycles. The first-order chi connectivity index (χ1) is 9.13. The molecule has 0 unspecified atom stereocenters. The number of aromatic nitrogens is 2. The molecule has 2 heterocycles. The minimum absolute atomic E-state index is 0.0420. The van der Waals surface area contributed by atoms with Gasteiger partial charge in [0, 0.05) is 29.9 Å². The van der Waals surface area contributed by atoms with E-state index in [1.807, 2.05) is 6.07 Å². The molecule has 1 aromatic rings. The van der Waals surface area contributed by atoms with Crippen LogP contribution in [0, 0.1) is 5.92 Å². The topological polar surface area (TPSA) is 29.0 Å². The van der Waals surface area contributed by atoms with E-state index in [9.17, 15) is 13.2 Å². The molecule has 112 valence electrons. The minimum atomic E-state index is -4.10. The summed E-state index contributed by atoms with van der Waals surface area (Å²) in [7, 11) is 0. The van der Waals surface area contributed by atoms with Crippen molar-refractivity contribution in [1.82, 2.24) is 14.9 Å². The first-order valence-corrected chi connectivity index (χ1v) is 6.74. The lowest BCUT2D eigenvalue weighted by atomic mass is 9.89. The van der Waals surface area contributed by atoms with Gasteiger partial charge in [0.1, 0.15) is 6.33 Å². The average molecular weight is 287 g/mol. The molecule has 0 amide bonds. The van der Waals surface area contributed by atoms with Gasteiger partial charge in [-0.15, -0.1) is 0 Å². The van der Waals surface area contributed by atoms with Crippen LogP contribution in [0.3, 0.4) is 0 Å². The molecule has 0 saturated carbocycles. The highest BCUT2D eigenvalue weighted by atomic mass is 19.4. The molecular formula is C14H20F3N3. The van der Waals surface area contributed by atoms with Gasteiger partial charge in [0.05, 0.1) is 6.54 Å². The van der Waals surface area contributed by atoms with E-state index in [1.54, 1.807) is 6.33 Å². The van der Waals surface area contributed by atoms with E-state index in [-0.39, 0.29) is 11.3 Å². The fourth-order valence-corrected chi connectivity index (χ4v) is 2.40. The van der Waals surface area contributed by atoms with E-state index in [0.717, 1.165) is 17.8 Å². The molecule has 0 atom stereocenters. The zero-order chi connectivity index (χ0) is 15.0. The molecule has 0 spiro atoms. The Bertz CT molecular complexity index is 459. The van der Waals surface area contributed by atoms with E-state index in [2.05, 4.69) is 30.7 Å². The molecule has 0 N–H and O–H groups in total. The summed E-state index contributed by atoms with van der Waals surface area (Å²) in [5.74, 6) is 0.264. The van der Waals surface area contributed by atoms with Crippen molar-refractivity contribution in [3.8, 4) is 0 Å². The van der Waals surface area contributed by atoms with Gasteiger partial charge >= 0.3 is 6.18 Å². The second-order valence-corrected chi connectivity index (χ2v) is 6.52. The van der Waals surface area contributed by atoms with Crippen molar-refractivity contribution in [2.75, 3.05) is 19.6 Å². The highest BCUT2D eigenvalue weighted by Crippen LogP contribution is 2.26. The third-order valence-electron chi connectivity index (χ3n) is 3.43. The number of likely N-dealkylation sites (tertiary alicyclic amines) is 1. The summed E-state index contributed by atoms with van der Waals surface area (Å²) >= 11 is 0. The maximum Gasteiger partial charge on any atom is 0.401 e.